The van der Waals surface area contributed by atoms with Crippen LogP contribution in [0.2, 0.25) is 0 Å². The van der Waals surface area contributed by atoms with Gasteiger partial charge in [0.1, 0.15) is 11.8 Å². The van der Waals surface area contributed by atoms with Crippen LogP contribution in [0.15, 0.2) is 84.9 Å². The predicted molar refractivity (Wildman–Crippen MR) is 170 cm³/mol. The molecular formula is C34H43N3O5S. The normalized spacial score (nSPS) is 14.2. The number of sulfonamides is 1. The topological polar surface area (TPSA) is 96.0 Å². The average Bonchev–Trinajstić information content (AvgIpc) is 3.51. The Morgan fingerprint density at radius 2 is 1.51 bits per heavy atom. The Balaban J connectivity index is 1.54. The maximum Gasteiger partial charge on any atom is 0.243 e. The lowest BCUT2D eigenvalue weighted by molar-refractivity contribution is -0.141. The highest BCUT2D eigenvalue weighted by atomic mass is 32.2. The number of hydrogen-bond acceptors (Lipinski definition) is 5. The van der Waals surface area contributed by atoms with Crippen molar-refractivity contribution >= 4 is 27.5 Å². The van der Waals surface area contributed by atoms with Gasteiger partial charge in [-0.1, -0.05) is 73.5 Å². The van der Waals surface area contributed by atoms with E-state index in [1.165, 1.54) is 4.31 Å². The molecule has 3 aromatic carbocycles. The Hall–Kier alpha value is -3.85. The minimum Gasteiger partial charge on any atom is -0.494 e. The summed E-state index contributed by atoms with van der Waals surface area (Å²) >= 11 is 0. The van der Waals surface area contributed by atoms with Crippen molar-refractivity contribution in [1.82, 2.24) is 10.2 Å². The van der Waals surface area contributed by atoms with Crippen LogP contribution in [0.25, 0.3) is 0 Å². The molecule has 1 aliphatic rings. The Morgan fingerprint density at radius 3 is 2.09 bits per heavy atom. The summed E-state index contributed by atoms with van der Waals surface area (Å²) in [7, 11) is -3.59. The number of ether oxygens (including phenoxy) is 1. The molecule has 0 bridgehead atoms. The van der Waals surface area contributed by atoms with Crippen LogP contribution in [0.5, 0.6) is 5.75 Å². The number of hydrogen-bond donors (Lipinski definition) is 1. The minimum atomic E-state index is -3.59. The van der Waals surface area contributed by atoms with Gasteiger partial charge in [-0.3, -0.25) is 13.9 Å². The van der Waals surface area contributed by atoms with Crippen LogP contribution < -0.4 is 14.4 Å². The van der Waals surface area contributed by atoms with Crippen molar-refractivity contribution in [2.75, 3.05) is 23.7 Å². The average molecular weight is 606 g/mol. The van der Waals surface area contributed by atoms with Crippen LogP contribution in [0, 0.1) is 0 Å². The maximum atomic E-state index is 14.0. The summed E-state index contributed by atoms with van der Waals surface area (Å²) in [6.45, 7) is 2.82. The molecule has 9 heteroatoms. The molecule has 0 spiro atoms. The lowest BCUT2D eigenvalue weighted by atomic mass is 10.0. The summed E-state index contributed by atoms with van der Waals surface area (Å²) in [5.41, 5.74) is 2.41. The van der Waals surface area contributed by atoms with Gasteiger partial charge in [0, 0.05) is 32.0 Å². The van der Waals surface area contributed by atoms with E-state index in [9.17, 15) is 18.0 Å². The summed E-state index contributed by atoms with van der Waals surface area (Å²) in [5.74, 6) is 0.324. The molecule has 2 amide bonds. The van der Waals surface area contributed by atoms with Crippen molar-refractivity contribution in [3.63, 3.8) is 0 Å². The van der Waals surface area contributed by atoms with Gasteiger partial charge in [-0.25, -0.2) is 8.42 Å². The molecule has 1 aliphatic carbocycles. The minimum absolute atomic E-state index is 0.0951. The lowest BCUT2D eigenvalue weighted by Crippen LogP contribution is -2.52. The zero-order valence-electron chi connectivity index (χ0n) is 25.2. The molecule has 43 heavy (non-hydrogen) atoms. The molecule has 0 heterocycles. The standard InChI is InChI=1S/C34H43N3O5S/c1-3-42-31-22-20-30(21-23-31)37(43(2,40)41)24-12-19-33(38)36(26-28-15-8-5-9-16-28)32(25-27-13-6-4-7-14-27)34(39)35-29-17-10-11-18-29/h4-9,13-16,20-23,29,32H,3,10-12,17-19,24-26H2,1-2H3,(H,35,39)/t32-/m0/s1. The molecule has 230 valence electrons. The zero-order valence-corrected chi connectivity index (χ0v) is 26.0. The Morgan fingerprint density at radius 1 is 0.907 bits per heavy atom. The van der Waals surface area contributed by atoms with E-state index < -0.39 is 16.1 Å². The number of benzene rings is 3. The van der Waals surface area contributed by atoms with Gasteiger partial charge < -0.3 is 15.0 Å². The van der Waals surface area contributed by atoms with Crippen LogP contribution in [0.3, 0.4) is 0 Å². The van der Waals surface area contributed by atoms with E-state index in [1.807, 2.05) is 67.6 Å². The molecule has 0 unspecified atom stereocenters. The Labute approximate surface area is 256 Å². The van der Waals surface area contributed by atoms with Crippen molar-refractivity contribution in [3.05, 3.63) is 96.1 Å². The second-order valence-electron chi connectivity index (χ2n) is 11.1. The molecule has 0 aliphatic heterocycles. The quantitative estimate of drug-likeness (QED) is 0.253. The third-order valence-corrected chi connectivity index (χ3v) is 8.95. The first kappa shape index (κ1) is 32.1. The maximum absolute atomic E-state index is 14.0. The zero-order chi connectivity index (χ0) is 30.7. The summed E-state index contributed by atoms with van der Waals surface area (Å²) < 4.78 is 32.2. The Bertz CT molecular complexity index is 1410. The van der Waals surface area contributed by atoms with E-state index in [-0.39, 0.29) is 37.4 Å². The third kappa shape index (κ3) is 9.58. The van der Waals surface area contributed by atoms with Crippen molar-refractivity contribution in [2.45, 2.75) is 70.5 Å². The van der Waals surface area contributed by atoms with Gasteiger partial charge in [-0.15, -0.1) is 0 Å². The fourth-order valence-corrected chi connectivity index (χ4v) is 6.55. The van der Waals surface area contributed by atoms with Crippen molar-refractivity contribution in [2.24, 2.45) is 0 Å². The molecule has 0 aromatic heterocycles. The van der Waals surface area contributed by atoms with Crippen LogP contribution in [-0.2, 0) is 32.6 Å². The molecule has 1 saturated carbocycles. The summed E-state index contributed by atoms with van der Waals surface area (Å²) in [4.78, 5) is 29.5. The SMILES string of the molecule is CCOc1ccc(N(CCCC(=O)N(Cc2ccccc2)[C@@H](Cc2ccccc2)C(=O)NC2CCCC2)S(C)(=O)=O)cc1. The third-order valence-electron chi connectivity index (χ3n) is 7.76. The smallest absolute Gasteiger partial charge is 0.243 e. The number of carbonyl (C=O) groups is 2. The molecule has 3 aromatic rings. The highest BCUT2D eigenvalue weighted by Crippen LogP contribution is 2.24. The second kappa shape index (κ2) is 15.6. The van der Waals surface area contributed by atoms with Crippen molar-refractivity contribution in [1.29, 1.82) is 0 Å². The van der Waals surface area contributed by atoms with Crippen LogP contribution in [0.4, 0.5) is 5.69 Å². The summed E-state index contributed by atoms with van der Waals surface area (Å²) in [6, 6.07) is 25.7. The first-order chi connectivity index (χ1) is 20.7. The van der Waals surface area contributed by atoms with Gasteiger partial charge in [0.05, 0.1) is 18.6 Å². The number of anilines is 1. The van der Waals surface area contributed by atoms with Crippen molar-refractivity contribution in [3.8, 4) is 5.75 Å². The molecule has 1 fully saturated rings. The second-order valence-corrected chi connectivity index (χ2v) is 13.0. The first-order valence-corrected chi connectivity index (χ1v) is 17.0. The number of amides is 2. The first-order valence-electron chi connectivity index (χ1n) is 15.1. The van der Waals surface area contributed by atoms with Gasteiger partial charge >= 0.3 is 0 Å². The number of rotatable bonds is 15. The molecule has 8 nitrogen and oxygen atoms in total. The van der Waals surface area contributed by atoms with Gasteiger partial charge in [0.15, 0.2) is 0 Å². The molecule has 4 rings (SSSR count). The van der Waals surface area contributed by atoms with Gasteiger partial charge in [0.25, 0.3) is 0 Å². The van der Waals surface area contributed by atoms with E-state index in [4.69, 9.17) is 4.74 Å². The van der Waals surface area contributed by atoms with Crippen molar-refractivity contribution < 1.29 is 22.7 Å². The van der Waals surface area contributed by atoms with E-state index in [0.717, 1.165) is 43.1 Å². The largest absolute Gasteiger partial charge is 0.494 e. The summed E-state index contributed by atoms with van der Waals surface area (Å²) in [5, 5.41) is 3.22. The monoisotopic (exact) mass is 605 g/mol. The number of nitrogens with one attached hydrogen (secondary N) is 1. The predicted octanol–water partition coefficient (Wildman–Crippen LogP) is 5.33. The molecular weight excluding hydrogens is 562 g/mol. The highest BCUT2D eigenvalue weighted by molar-refractivity contribution is 7.92. The van der Waals surface area contributed by atoms with Crippen LogP contribution >= 0.6 is 0 Å². The van der Waals surface area contributed by atoms with Crippen LogP contribution in [0.1, 0.15) is 56.6 Å². The van der Waals surface area contributed by atoms with E-state index in [2.05, 4.69) is 5.32 Å². The van der Waals surface area contributed by atoms with Gasteiger partial charge in [-0.05, 0) is 61.6 Å². The van der Waals surface area contributed by atoms with Gasteiger partial charge in [-0.2, -0.15) is 0 Å². The summed E-state index contributed by atoms with van der Waals surface area (Å²) in [6.07, 6.45) is 6.02. The molecule has 0 saturated heterocycles. The Kier molecular flexibility index (Phi) is 11.6. The van der Waals surface area contributed by atoms with Gasteiger partial charge in [0.2, 0.25) is 21.8 Å². The fraction of sp³-hybridized carbons (Fsp3) is 0.412. The molecule has 0 radical (unpaired) electrons. The fourth-order valence-electron chi connectivity index (χ4n) is 5.58. The van der Waals surface area contributed by atoms with E-state index in [1.54, 1.807) is 29.2 Å². The van der Waals surface area contributed by atoms with E-state index in [0.29, 0.717) is 30.9 Å². The number of carbonyl (C=O) groups excluding carboxylic acids is 2. The lowest BCUT2D eigenvalue weighted by Gasteiger charge is -2.33. The van der Waals surface area contributed by atoms with E-state index >= 15 is 0 Å². The molecule has 1 N–H and O–H groups in total. The number of nitrogens with zero attached hydrogens (tertiary/aromatic N) is 2. The molecule has 1 atom stereocenters. The highest BCUT2D eigenvalue weighted by Gasteiger charge is 2.32. The van der Waals surface area contributed by atoms with Crippen LogP contribution in [-0.4, -0.2) is 56.6 Å².